The summed E-state index contributed by atoms with van der Waals surface area (Å²) < 4.78 is 14.0. The van der Waals surface area contributed by atoms with Crippen LogP contribution in [-0.4, -0.2) is 14.2 Å². The molecule has 0 fully saturated rings. The van der Waals surface area contributed by atoms with Gasteiger partial charge in [-0.2, -0.15) is 0 Å². The van der Waals surface area contributed by atoms with Crippen LogP contribution in [0.3, 0.4) is 0 Å². The number of benzene rings is 3. The lowest BCUT2D eigenvalue weighted by Crippen LogP contribution is -2.06. The van der Waals surface area contributed by atoms with Crippen molar-refractivity contribution in [3.63, 3.8) is 0 Å². The van der Waals surface area contributed by atoms with Crippen LogP contribution in [0.2, 0.25) is 5.02 Å². The molecule has 3 rings (SSSR count). The second kappa shape index (κ2) is 8.12. The first-order valence-electron chi connectivity index (χ1n) is 7.89. The number of hydrogen-bond acceptors (Lipinski definition) is 3. The Bertz CT molecular complexity index is 805. The molecule has 0 aromatic heterocycles. The summed E-state index contributed by atoms with van der Waals surface area (Å²) in [6, 6.07) is 23.1. The summed E-state index contributed by atoms with van der Waals surface area (Å²) >= 11 is 6.00. The molecular formula is C20H19Cl2NO2S. The van der Waals surface area contributed by atoms with Crippen molar-refractivity contribution in [2.45, 2.75) is 9.79 Å². The number of anilines is 1. The van der Waals surface area contributed by atoms with Gasteiger partial charge in [0.15, 0.2) is 0 Å². The smallest absolute Gasteiger partial charge is 0.118 e. The molecule has 1 N–H and O–H groups in total. The van der Waals surface area contributed by atoms with Gasteiger partial charge in [0, 0.05) is 20.5 Å². The lowest BCUT2D eigenvalue weighted by atomic mass is 10.3. The fourth-order valence-corrected chi connectivity index (χ4v) is 5.46. The van der Waals surface area contributed by atoms with E-state index in [1.165, 1.54) is 0 Å². The third kappa shape index (κ3) is 4.04. The summed E-state index contributed by atoms with van der Waals surface area (Å²) in [5.74, 6) is 1.57. The van der Waals surface area contributed by atoms with E-state index in [2.05, 4.69) is 4.72 Å². The minimum absolute atomic E-state index is 0.680. The van der Waals surface area contributed by atoms with E-state index in [0.29, 0.717) is 5.02 Å². The lowest BCUT2D eigenvalue weighted by Gasteiger charge is -2.35. The van der Waals surface area contributed by atoms with E-state index in [0.717, 1.165) is 27.0 Å². The molecule has 3 nitrogen and oxygen atoms in total. The van der Waals surface area contributed by atoms with Gasteiger partial charge < -0.3 is 14.2 Å². The zero-order valence-electron chi connectivity index (χ0n) is 14.4. The highest BCUT2D eigenvalue weighted by atomic mass is 35.7. The molecule has 0 amide bonds. The molecule has 0 aliphatic heterocycles. The van der Waals surface area contributed by atoms with Crippen molar-refractivity contribution in [3.8, 4) is 11.5 Å². The van der Waals surface area contributed by atoms with E-state index in [1.807, 2.05) is 72.8 Å². The van der Waals surface area contributed by atoms with Gasteiger partial charge in [0.05, 0.1) is 14.2 Å². The highest BCUT2D eigenvalue weighted by Crippen LogP contribution is 2.66. The Labute approximate surface area is 164 Å². The highest BCUT2D eigenvalue weighted by molar-refractivity contribution is 8.52. The Morgan fingerprint density at radius 3 is 1.50 bits per heavy atom. The maximum Gasteiger partial charge on any atom is 0.118 e. The molecule has 0 saturated heterocycles. The summed E-state index contributed by atoms with van der Waals surface area (Å²) in [6.07, 6.45) is 0. The Morgan fingerprint density at radius 1 is 0.692 bits per heavy atom. The quantitative estimate of drug-likeness (QED) is 0.489. The van der Waals surface area contributed by atoms with Crippen molar-refractivity contribution in [1.29, 1.82) is 0 Å². The van der Waals surface area contributed by atoms with Gasteiger partial charge in [-0.25, -0.2) is 0 Å². The van der Waals surface area contributed by atoms with Crippen LogP contribution in [0.1, 0.15) is 0 Å². The molecule has 0 saturated carbocycles. The maximum atomic E-state index is 7.21. The molecule has 3 aromatic carbocycles. The summed E-state index contributed by atoms with van der Waals surface area (Å²) in [5, 5.41) is 0.680. The van der Waals surface area contributed by atoms with Crippen LogP contribution in [0.4, 0.5) is 5.69 Å². The zero-order chi connectivity index (χ0) is 18.6. The van der Waals surface area contributed by atoms with Crippen LogP contribution in [0.5, 0.6) is 11.5 Å². The van der Waals surface area contributed by atoms with Gasteiger partial charge in [-0.05, 0) is 92.9 Å². The number of hydrogen-bond donors (Lipinski definition) is 1. The van der Waals surface area contributed by atoms with Gasteiger partial charge in [0.2, 0.25) is 0 Å². The van der Waals surface area contributed by atoms with Crippen LogP contribution in [-0.2, 0) is 0 Å². The molecule has 6 heteroatoms. The molecule has 0 radical (unpaired) electrons. The van der Waals surface area contributed by atoms with Gasteiger partial charge in [0.1, 0.15) is 11.5 Å². The summed E-state index contributed by atoms with van der Waals surface area (Å²) in [7, 11) is 8.46. The van der Waals surface area contributed by atoms with E-state index in [1.54, 1.807) is 14.2 Å². The molecule has 26 heavy (non-hydrogen) atoms. The van der Waals surface area contributed by atoms with Crippen LogP contribution in [0.25, 0.3) is 0 Å². The van der Waals surface area contributed by atoms with E-state index in [9.17, 15) is 0 Å². The second-order valence-corrected chi connectivity index (χ2v) is 9.55. The van der Waals surface area contributed by atoms with Crippen molar-refractivity contribution in [1.82, 2.24) is 0 Å². The van der Waals surface area contributed by atoms with E-state index >= 15 is 0 Å². The average molecular weight is 408 g/mol. The van der Waals surface area contributed by atoms with Gasteiger partial charge in [-0.3, -0.25) is 0 Å². The van der Waals surface area contributed by atoms with Crippen LogP contribution >= 0.6 is 31.7 Å². The molecule has 0 atom stereocenters. The largest absolute Gasteiger partial charge is 0.497 e. The third-order valence-corrected chi connectivity index (χ3v) is 7.78. The standard InChI is InChI=1S/C20H19Cl2NO2S/c1-24-17-7-11-19(12-8-17)26(22,20-13-9-18(25-2)10-14-20)23-16-5-3-15(21)4-6-16/h3-14,23H,1-2H3. The van der Waals surface area contributed by atoms with Crippen LogP contribution in [0.15, 0.2) is 82.6 Å². The SMILES string of the molecule is COc1ccc(S(Cl)(Nc2ccc(Cl)cc2)c2ccc(OC)cc2)cc1. The van der Waals surface area contributed by atoms with Gasteiger partial charge >= 0.3 is 0 Å². The Morgan fingerprint density at radius 2 is 1.12 bits per heavy atom. The number of methoxy groups -OCH3 is 2. The molecular weight excluding hydrogens is 389 g/mol. The van der Waals surface area contributed by atoms with E-state index in [4.69, 9.17) is 31.8 Å². The fraction of sp³-hybridized carbons (Fsp3) is 0.100. The molecule has 0 aliphatic carbocycles. The molecule has 3 aromatic rings. The first kappa shape index (κ1) is 18.8. The Balaban J connectivity index is 2.04. The predicted molar refractivity (Wildman–Crippen MR) is 111 cm³/mol. The van der Waals surface area contributed by atoms with Gasteiger partial charge in [-0.1, -0.05) is 11.6 Å². The lowest BCUT2D eigenvalue weighted by molar-refractivity contribution is 0.414. The zero-order valence-corrected chi connectivity index (χ0v) is 16.7. The average Bonchev–Trinajstić information content (AvgIpc) is 2.70. The summed E-state index contributed by atoms with van der Waals surface area (Å²) in [6.45, 7) is 0. The van der Waals surface area contributed by atoms with Crippen LogP contribution < -0.4 is 14.2 Å². The minimum atomic E-state index is -2.04. The molecule has 0 bridgehead atoms. The second-order valence-electron chi connectivity index (χ2n) is 5.50. The van der Waals surface area contributed by atoms with Crippen molar-refractivity contribution >= 4 is 37.4 Å². The molecule has 0 heterocycles. The first-order valence-corrected chi connectivity index (χ1v) is 10.7. The van der Waals surface area contributed by atoms with Gasteiger partial charge in [0.25, 0.3) is 0 Å². The van der Waals surface area contributed by atoms with Crippen molar-refractivity contribution in [2.24, 2.45) is 0 Å². The fourth-order valence-electron chi connectivity index (χ4n) is 2.46. The monoisotopic (exact) mass is 407 g/mol. The molecule has 0 aliphatic rings. The first-order chi connectivity index (χ1) is 12.5. The molecule has 0 spiro atoms. The summed E-state index contributed by atoms with van der Waals surface area (Å²) in [4.78, 5) is 1.94. The van der Waals surface area contributed by atoms with Crippen LogP contribution in [0, 0.1) is 0 Å². The normalized spacial score (nSPS) is 11.7. The summed E-state index contributed by atoms with van der Waals surface area (Å²) in [5.41, 5.74) is 0.894. The van der Waals surface area contributed by atoms with Crippen molar-refractivity contribution in [2.75, 3.05) is 18.9 Å². The van der Waals surface area contributed by atoms with E-state index in [-0.39, 0.29) is 0 Å². The number of nitrogens with one attached hydrogen (secondary N) is 1. The topological polar surface area (TPSA) is 30.5 Å². The highest BCUT2D eigenvalue weighted by Gasteiger charge is 2.26. The number of ether oxygens (including phenoxy) is 2. The number of halogens is 2. The third-order valence-electron chi connectivity index (χ3n) is 3.87. The van der Waals surface area contributed by atoms with Crippen molar-refractivity contribution in [3.05, 3.63) is 77.8 Å². The maximum absolute atomic E-state index is 7.21. The minimum Gasteiger partial charge on any atom is -0.497 e. The van der Waals surface area contributed by atoms with E-state index < -0.39 is 9.43 Å². The number of rotatable bonds is 6. The van der Waals surface area contributed by atoms with Gasteiger partial charge in [-0.15, -0.1) is 0 Å². The Hall–Kier alpha value is -2.01. The molecule has 136 valence electrons. The predicted octanol–water partition coefficient (Wildman–Crippen LogP) is 6.76. The Kier molecular flexibility index (Phi) is 5.87. The molecule has 0 unspecified atom stereocenters. The van der Waals surface area contributed by atoms with Crippen molar-refractivity contribution < 1.29 is 9.47 Å².